The van der Waals surface area contributed by atoms with Crippen molar-refractivity contribution in [3.05, 3.63) is 12.7 Å². The minimum atomic E-state index is -4.68. The van der Waals surface area contributed by atoms with Crippen LogP contribution >= 0.6 is 0 Å². The number of anilines is 1. The molecule has 2 fully saturated rings. The Labute approximate surface area is 195 Å². The lowest BCUT2D eigenvalue weighted by atomic mass is 9.99. The topological polar surface area (TPSA) is 268 Å². The van der Waals surface area contributed by atoms with E-state index in [1.807, 2.05) is 0 Å². The molecule has 4 rings (SSSR count). The maximum absolute atomic E-state index is 16.0. The molecule has 0 bridgehead atoms. The summed E-state index contributed by atoms with van der Waals surface area (Å²) >= 11 is 0. The van der Waals surface area contributed by atoms with Gasteiger partial charge in [-0.3, -0.25) is 8.75 Å². The summed E-state index contributed by atoms with van der Waals surface area (Å²) in [7, 11) is -4.68. The first-order chi connectivity index (χ1) is 16.4. The van der Waals surface area contributed by atoms with Crippen molar-refractivity contribution in [3.8, 4) is 0 Å². The van der Waals surface area contributed by atoms with Gasteiger partial charge in [0.1, 0.15) is 49.0 Å². The third-order valence-electron chi connectivity index (χ3n) is 5.55. The Morgan fingerprint density at radius 2 is 1.86 bits per heavy atom. The summed E-state index contributed by atoms with van der Waals surface area (Å²) in [6.07, 6.45) is -12.5. The van der Waals surface area contributed by atoms with Crippen LogP contribution in [-0.2, 0) is 28.7 Å². The number of aliphatic hydroxyl groups excluding tert-OH is 5. The van der Waals surface area contributed by atoms with Crippen molar-refractivity contribution in [3.63, 3.8) is 0 Å². The van der Waals surface area contributed by atoms with Crippen molar-refractivity contribution in [2.24, 2.45) is 5.14 Å². The van der Waals surface area contributed by atoms with E-state index >= 15 is 4.39 Å². The lowest BCUT2D eigenvalue weighted by molar-refractivity contribution is -0.332. The zero-order valence-corrected chi connectivity index (χ0v) is 18.4. The van der Waals surface area contributed by atoms with E-state index in [9.17, 15) is 34.0 Å². The Hall–Kier alpha value is -2.17. The molecule has 9 atom stereocenters. The number of imidazole rings is 1. The summed E-state index contributed by atoms with van der Waals surface area (Å²) in [5, 5.41) is 55.2. The minimum Gasteiger partial charge on any atom is -0.394 e. The fraction of sp³-hybridized carbons (Fsp3) is 0.688. The quantitative estimate of drug-likeness (QED) is 0.179. The molecule has 196 valence electrons. The predicted molar refractivity (Wildman–Crippen MR) is 107 cm³/mol. The van der Waals surface area contributed by atoms with Gasteiger partial charge in [0.05, 0.1) is 12.9 Å². The molecule has 0 aliphatic carbocycles. The van der Waals surface area contributed by atoms with E-state index in [1.54, 1.807) is 0 Å². The van der Waals surface area contributed by atoms with Crippen LogP contribution in [0.5, 0.6) is 0 Å². The summed E-state index contributed by atoms with van der Waals surface area (Å²) in [5.41, 5.74) is 5.84. The normalized spacial score (nSPS) is 38.3. The predicted octanol–water partition coefficient (Wildman–Crippen LogP) is -4.63. The number of rotatable bonds is 7. The first kappa shape index (κ1) is 25.9. The first-order valence-corrected chi connectivity index (χ1v) is 11.4. The molecule has 0 radical (unpaired) electrons. The number of hydrogen-bond acceptors (Lipinski definition) is 15. The van der Waals surface area contributed by atoms with Crippen molar-refractivity contribution < 1.29 is 56.7 Å². The maximum Gasteiger partial charge on any atom is 0.333 e. The van der Waals surface area contributed by atoms with E-state index in [1.165, 1.54) is 0 Å². The molecule has 9 N–H and O–H groups in total. The van der Waals surface area contributed by atoms with E-state index < -0.39 is 78.5 Å². The number of ether oxygens (including phenoxy) is 3. The van der Waals surface area contributed by atoms with Gasteiger partial charge in [0.15, 0.2) is 30.1 Å². The van der Waals surface area contributed by atoms with Crippen LogP contribution in [0.25, 0.3) is 11.2 Å². The molecule has 2 aromatic heterocycles. The van der Waals surface area contributed by atoms with Gasteiger partial charge in [-0.25, -0.2) is 24.5 Å². The average Bonchev–Trinajstić information content (AvgIpc) is 3.33. The fourth-order valence-electron chi connectivity index (χ4n) is 3.80. The third-order valence-corrected chi connectivity index (χ3v) is 6.00. The van der Waals surface area contributed by atoms with E-state index in [2.05, 4.69) is 19.1 Å². The zero-order valence-electron chi connectivity index (χ0n) is 17.6. The van der Waals surface area contributed by atoms with Crippen LogP contribution in [0.1, 0.15) is 6.23 Å². The van der Waals surface area contributed by atoms with Crippen molar-refractivity contribution >= 4 is 27.3 Å². The number of nitrogen functional groups attached to an aromatic ring is 1. The van der Waals surface area contributed by atoms with Gasteiger partial charge in [0.2, 0.25) is 0 Å². The largest absolute Gasteiger partial charge is 0.394 e. The standard InChI is InChI=1S/C16H23FN6O11S/c17-16(2-31-35(19,29)30)11(33-15-9(27)8(26)7(25)5(1-24)32-15)10(28)14(34-16)23-4-22-6-12(18)20-3-21-13(6)23/h3-5,7-11,14-15,24-28H,1-2H2,(H2,18,20,21)(H2,19,29,30). The molecule has 35 heavy (non-hydrogen) atoms. The molecule has 0 saturated carbocycles. The second-order valence-corrected chi connectivity index (χ2v) is 9.10. The third kappa shape index (κ3) is 4.80. The number of hydrogen-bond donors (Lipinski definition) is 7. The van der Waals surface area contributed by atoms with Crippen LogP contribution in [0.3, 0.4) is 0 Å². The van der Waals surface area contributed by atoms with Crippen LogP contribution in [0, 0.1) is 0 Å². The van der Waals surface area contributed by atoms with E-state index in [0.29, 0.717) is 0 Å². The summed E-state index contributed by atoms with van der Waals surface area (Å²) < 4.78 is 59.7. The maximum atomic E-state index is 16.0. The Morgan fingerprint density at radius 1 is 1.14 bits per heavy atom. The van der Waals surface area contributed by atoms with Gasteiger partial charge < -0.3 is 45.5 Å². The summed E-state index contributed by atoms with van der Waals surface area (Å²) in [6.45, 7) is -2.21. The Kier molecular flexibility index (Phi) is 6.93. The molecular weight excluding hydrogens is 503 g/mol. The van der Waals surface area contributed by atoms with Crippen LogP contribution in [0.2, 0.25) is 0 Å². The molecule has 2 aliphatic rings. The Bertz CT molecular complexity index is 1170. The van der Waals surface area contributed by atoms with Crippen molar-refractivity contribution in [2.45, 2.75) is 55.0 Å². The zero-order chi connectivity index (χ0) is 25.7. The Morgan fingerprint density at radius 3 is 2.51 bits per heavy atom. The molecule has 2 aromatic rings. The fourth-order valence-corrected chi connectivity index (χ4v) is 4.13. The van der Waals surface area contributed by atoms with E-state index in [4.69, 9.17) is 25.1 Å². The number of alkyl halides is 1. The van der Waals surface area contributed by atoms with Crippen LogP contribution in [-0.4, -0.2) is 115 Å². The lowest BCUT2D eigenvalue weighted by Crippen LogP contribution is -2.61. The molecule has 17 nitrogen and oxygen atoms in total. The highest BCUT2D eigenvalue weighted by Crippen LogP contribution is 2.43. The molecule has 4 heterocycles. The van der Waals surface area contributed by atoms with Gasteiger partial charge in [-0.1, -0.05) is 0 Å². The molecular formula is C16H23FN6O11S. The highest BCUT2D eigenvalue weighted by molar-refractivity contribution is 7.84. The Balaban J connectivity index is 1.68. The second kappa shape index (κ2) is 9.37. The monoisotopic (exact) mass is 526 g/mol. The molecule has 0 amide bonds. The van der Waals surface area contributed by atoms with Gasteiger partial charge in [-0.15, -0.1) is 0 Å². The molecule has 19 heteroatoms. The van der Waals surface area contributed by atoms with Crippen LogP contribution in [0.4, 0.5) is 10.2 Å². The highest BCUT2D eigenvalue weighted by atomic mass is 32.2. The summed E-state index contributed by atoms with van der Waals surface area (Å²) in [5.74, 6) is -3.26. The van der Waals surface area contributed by atoms with Gasteiger partial charge in [-0.2, -0.15) is 8.42 Å². The van der Waals surface area contributed by atoms with Gasteiger partial charge in [-0.05, 0) is 0 Å². The second-order valence-electron chi connectivity index (χ2n) is 7.88. The van der Waals surface area contributed by atoms with E-state index in [0.717, 1.165) is 17.2 Å². The van der Waals surface area contributed by atoms with Gasteiger partial charge in [0.25, 0.3) is 5.85 Å². The first-order valence-electron chi connectivity index (χ1n) is 9.97. The van der Waals surface area contributed by atoms with Crippen LogP contribution in [0.15, 0.2) is 12.7 Å². The molecule has 9 unspecified atom stereocenters. The average molecular weight is 526 g/mol. The minimum absolute atomic E-state index is 0.0183. The number of halogens is 1. The number of aliphatic hydroxyl groups is 5. The highest BCUT2D eigenvalue weighted by Gasteiger charge is 2.60. The number of nitrogens with two attached hydrogens (primary N) is 2. The lowest BCUT2D eigenvalue weighted by Gasteiger charge is -2.41. The number of fused-ring (bicyclic) bond motifs is 1. The molecule has 0 spiro atoms. The molecule has 0 aromatic carbocycles. The van der Waals surface area contributed by atoms with Crippen molar-refractivity contribution in [2.75, 3.05) is 18.9 Å². The smallest absolute Gasteiger partial charge is 0.333 e. The van der Waals surface area contributed by atoms with Crippen LogP contribution < -0.4 is 10.9 Å². The molecule has 2 aliphatic heterocycles. The van der Waals surface area contributed by atoms with E-state index in [-0.39, 0.29) is 17.0 Å². The van der Waals surface area contributed by atoms with Gasteiger partial charge in [0, 0.05) is 0 Å². The van der Waals surface area contributed by atoms with Crippen molar-refractivity contribution in [1.29, 1.82) is 0 Å². The number of nitrogens with zero attached hydrogens (tertiary/aromatic N) is 4. The SMILES string of the molecule is Nc1ncnc2c1ncn2C1OC(F)(COS(N)(=O)=O)C(OC2OC(CO)C(O)C(O)C2O)C1O. The number of aromatic nitrogens is 4. The van der Waals surface area contributed by atoms with Crippen molar-refractivity contribution in [1.82, 2.24) is 19.5 Å². The molecule has 2 saturated heterocycles. The summed E-state index contributed by atoms with van der Waals surface area (Å²) in [6, 6.07) is 0. The summed E-state index contributed by atoms with van der Waals surface area (Å²) in [4.78, 5) is 11.7. The van der Waals surface area contributed by atoms with Gasteiger partial charge >= 0.3 is 10.3 Å².